The number of amides is 8. The van der Waals surface area contributed by atoms with Crippen LogP contribution in [0, 0.1) is 0 Å². The summed E-state index contributed by atoms with van der Waals surface area (Å²) in [5.41, 5.74) is 5.69. The van der Waals surface area contributed by atoms with E-state index in [9.17, 15) is 42.9 Å². The van der Waals surface area contributed by atoms with Crippen molar-refractivity contribution in [3.05, 3.63) is 48.0 Å². The maximum Gasteiger partial charge on any atom is 0.267 e. The van der Waals surface area contributed by atoms with Crippen molar-refractivity contribution in [2.75, 3.05) is 51.0 Å². The molecule has 262 valence electrons. The molecule has 1 aromatic rings. The first-order valence-electron chi connectivity index (χ1n) is 15.1. The van der Waals surface area contributed by atoms with Gasteiger partial charge in [-0.05, 0) is 29.6 Å². The monoisotopic (exact) mass is 691 g/mol. The Kier molecular flexibility index (Phi) is 18.0. The highest BCUT2D eigenvalue weighted by Crippen LogP contribution is 2.08. The smallest absolute Gasteiger partial charge is 0.267 e. The molecule has 1 aliphatic heterocycles. The number of hydrogen-bond donors (Lipinski definition) is 6. The lowest BCUT2D eigenvalue weighted by Crippen LogP contribution is -2.52. The lowest BCUT2D eigenvalue weighted by molar-refractivity contribution is -0.137. The Morgan fingerprint density at radius 2 is 1.44 bits per heavy atom. The van der Waals surface area contributed by atoms with Gasteiger partial charge < -0.3 is 41.6 Å². The van der Waals surface area contributed by atoms with Crippen molar-refractivity contribution >= 4 is 58.4 Å². The number of hydrogen-bond acceptors (Lipinski definition) is 10. The molecule has 0 fully saturated rings. The van der Waals surface area contributed by atoms with E-state index in [0.717, 1.165) is 10.5 Å². The Hall–Kier alpha value is -4.81. The summed E-state index contributed by atoms with van der Waals surface area (Å²) in [6, 6.07) is 7.73. The van der Waals surface area contributed by atoms with Gasteiger partial charge in [0.2, 0.25) is 29.5 Å². The lowest BCUT2D eigenvalue weighted by Gasteiger charge is -2.19. The largest absolute Gasteiger partial charge is 0.616 e. The predicted octanol–water partition coefficient (Wildman–Crippen LogP) is -3.13. The fourth-order valence-corrected chi connectivity index (χ4v) is 4.90. The summed E-state index contributed by atoms with van der Waals surface area (Å²) < 4.78 is 16.7. The molecule has 8 amide bonds. The molecule has 0 aromatic heterocycles. The van der Waals surface area contributed by atoms with Gasteiger partial charge in [-0.3, -0.25) is 43.3 Å². The number of carbonyl (C=O) groups excluding carboxylic acids is 8. The van der Waals surface area contributed by atoms with Gasteiger partial charge in [-0.2, -0.15) is 0 Å². The van der Waals surface area contributed by atoms with Crippen LogP contribution in [0.15, 0.2) is 42.5 Å². The van der Waals surface area contributed by atoms with Crippen LogP contribution in [-0.2, 0) is 60.7 Å². The number of primary amides is 1. The number of nitrogens with two attached hydrogens (primary N) is 1. The van der Waals surface area contributed by atoms with Crippen LogP contribution in [0.25, 0.3) is 0 Å². The summed E-state index contributed by atoms with van der Waals surface area (Å²) in [4.78, 5) is 96.7. The van der Waals surface area contributed by atoms with Crippen molar-refractivity contribution < 1.29 is 47.6 Å². The Morgan fingerprint density at radius 3 is 2.12 bits per heavy atom. The Bertz CT molecular complexity index is 1310. The molecule has 0 saturated carbocycles. The molecule has 18 heteroatoms. The third kappa shape index (κ3) is 16.7. The average Bonchev–Trinajstić information content (AvgIpc) is 3.37. The first-order chi connectivity index (χ1) is 22.9. The van der Waals surface area contributed by atoms with Crippen molar-refractivity contribution in [3.63, 3.8) is 0 Å². The maximum atomic E-state index is 12.9. The van der Waals surface area contributed by atoms with Crippen LogP contribution in [-0.4, -0.2) is 114 Å². The topological polar surface area (TPSA) is 258 Å². The SMILES string of the molecule is NC(=O)C[S+]([O-])CCOCNC(=O)CNC(=O)[C@H](Cc1ccccc1)NC(=O)CNC(=O)CNC(=O)CCCCCN1C(=O)C=CC1=O. The molecule has 7 N–H and O–H groups in total. The highest BCUT2D eigenvalue weighted by Gasteiger charge is 2.23. The van der Waals surface area contributed by atoms with E-state index < -0.39 is 59.8 Å². The van der Waals surface area contributed by atoms with E-state index in [1.165, 1.54) is 12.2 Å². The van der Waals surface area contributed by atoms with Gasteiger partial charge in [-0.1, -0.05) is 36.8 Å². The molecule has 1 aliphatic rings. The Morgan fingerprint density at radius 1 is 0.812 bits per heavy atom. The standard InChI is InChI=1S/C30H41N7O10S/c31-23(38)19-48(46)14-13-47-20-35-26(41)17-34-30(45)22(15-21-7-3-1-4-8-21)36-27(42)18-33-25(40)16-32-24(39)9-5-2-6-12-37-28(43)10-11-29(37)44/h1,3-4,7-8,10-11,22H,2,5-6,9,12-20H2,(H2,31,38)(H,32,39)(H,33,40)(H,34,45)(H,35,41)(H,36,42)/t22-,48?/m0/s1. The van der Waals surface area contributed by atoms with Crippen molar-refractivity contribution in [3.8, 4) is 0 Å². The van der Waals surface area contributed by atoms with E-state index in [1.54, 1.807) is 30.3 Å². The average molecular weight is 692 g/mol. The van der Waals surface area contributed by atoms with Crippen LogP contribution >= 0.6 is 0 Å². The van der Waals surface area contributed by atoms with E-state index in [4.69, 9.17) is 10.5 Å². The molecule has 0 aliphatic carbocycles. The number of rotatable bonds is 23. The van der Waals surface area contributed by atoms with Crippen LogP contribution in [0.1, 0.15) is 31.2 Å². The third-order valence-corrected chi connectivity index (χ3v) is 7.79. The minimum Gasteiger partial charge on any atom is -0.616 e. The van der Waals surface area contributed by atoms with E-state index in [2.05, 4.69) is 26.6 Å². The van der Waals surface area contributed by atoms with Crippen molar-refractivity contribution in [2.45, 2.75) is 38.1 Å². The summed E-state index contributed by atoms with van der Waals surface area (Å²) in [6.45, 7) is -1.22. The van der Waals surface area contributed by atoms with Crippen molar-refractivity contribution in [1.82, 2.24) is 31.5 Å². The molecule has 1 heterocycles. The molecule has 0 radical (unpaired) electrons. The summed E-state index contributed by atoms with van der Waals surface area (Å²) in [6.07, 6.45) is 4.28. The molecular weight excluding hydrogens is 650 g/mol. The molecule has 0 spiro atoms. The van der Waals surface area contributed by atoms with E-state index in [1.807, 2.05) is 0 Å². The van der Waals surface area contributed by atoms with Gasteiger partial charge in [-0.15, -0.1) is 0 Å². The van der Waals surface area contributed by atoms with Crippen molar-refractivity contribution in [1.29, 1.82) is 0 Å². The van der Waals surface area contributed by atoms with Crippen LogP contribution < -0.4 is 32.3 Å². The third-order valence-electron chi connectivity index (χ3n) is 6.57. The zero-order valence-corrected chi connectivity index (χ0v) is 27.1. The maximum absolute atomic E-state index is 12.9. The van der Waals surface area contributed by atoms with Gasteiger partial charge in [0.1, 0.15) is 18.5 Å². The highest BCUT2D eigenvalue weighted by molar-refractivity contribution is 7.92. The summed E-state index contributed by atoms with van der Waals surface area (Å²) in [7, 11) is 0. The number of benzene rings is 1. The van der Waals surface area contributed by atoms with Gasteiger partial charge >= 0.3 is 0 Å². The molecule has 0 saturated heterocycles. The van der Waals surface area contributed by atoms with Gasteiger partial charge in [-0.25, -0.2) is 0 Å². The number of carbonyl (C=O) groups is 8. The normalized spacial score (nSPS) is 13.4. The first kappa shape index (κ1) is 39.4. The summed E-state index contributed by atoms with van der Waals surface area (Å²) >= 11 is -1.47. The van der Waals surface area contributed by atoms with E-state index >= 15 is 0 Å². The van der Waals surface area contributed by atoms with Crippen LogP contribution in [0.4, 0.5) is 0 Å². The molecule has 2 atom stereocenters. The van der Waals surface area contributed by atoms with Gasteiger partial charge in [0.15, 0.2) is 5.75 Å². The fourth-order valence-electron chi connectivity index (χ4n) is 4.14. The highest BCUT2D eigenvalue weighted by atomic mass is 32.2. The molecule has 1 aromatic carbocycles. The molecule has 0 bridgehead atoms. The second kappa shape index (κ2) is 21.9. The van der Waals surface area contributed by atoms with Crippen molar-refractivity contribution in [2.24, 2.45) is 5.73 Å². The first-order valence-corrected chi connectivity index (χ1v) is 16.6. The quantitative estimate of drug-likeness (QED) is 0.0291. The molecule has 2 rings (SSSR count). The van der Waals surface area contributed by atoms with E-state index in [0.29, 0.717) is 19.3 Å². The van der Waals surface area contributed by atoms with Crippen LogP contribution in [0.3, 0.4) is 0 Å². The van der Waals surface area contributed by atoms with Gasteiger partial charge in [0, 0.05) is 31.5 Å². The predicted molar refractivity (Wildman–Crippen MR) is 171 cm³/mol. The van der Waals surface area contributed by atoms with E-state index in [-0.39, 0.29) is 68.5 Å². The minimum atomic E-state index is -1.47. The second-order valence-corrected chi connectivity index (χ2v) is 12.0. The minimum absolute atomic E-state index is 0.00767. The number of nitrogens with zero attached hydrogens (tertiary/aromatic N) is 1. The lowest BCUT2D eigenvalue weighted by atomic mass is 10.1. The van der Waals surface area contributed by atoms with Gasteiger partial charge in [0.25, 0.3) is 17.7 Å². The number of imide groups is 1. The number of ether oxygens (including phenoxy) is 1. The molecule has 17 nitrogen and oxygen atoms in total. The zero-order valence-electron chi connectivity index (χ0n) is 26.3. The number of unbranched alkanes of at least 4 members (excludes halogenated alkanes) is 2. The van der Waals surface area contributed by atoms with Gasteiger partial charge in [0.05, 0.1) is 26.2 Å². The molecular formula is C30H41N7O10S. The molecule has 48 heavy (non-hydrogen) atoms. The Balaban J connectivity index is 1.68. The van der Waals surface area contributed by atoms with Crippen LogP contribution in [0.2, 0.25) is 0 Å². The fraction of sp³-hybridized carbons (Fsp3) is 0.467. The Labute approximate surface area is 280 Å². The second-order valence-electron chi connectivity index (χ2n) is 10.5. The molecule has 1 unspecified atom stereocenters. The summed E-state index contributed by atoms with van der Waals surface area (Å²) in [5, 5.41) is 12.2. The van der Waals surface area contributed by atoms with Crippen LogP contribution in [0.5, 0.6) is 0 Å². The number of nitrogens with one attached hydrogen (secondary N) is 5. The summed E-state index contributed by atoms with van der Waals surface area (Å²) in [5.74, 6) is -4.57. The zero-order chi connectivity index (χ0) is 35.3.